The fourth-order valence-corrected chi connectivity index (χ4v) is 3.24. The Bertz CT molecular complexity index is 1090. The van der Waals surface area contributed by atoms with Crippen LogP contribution in [0.3, 0.4) is 0 Å². The third-order valence-corrected chi connectivity index (χ3v) is 4.73. The number of alkyl carbamates (subject to hydrolysis) is 1. The monoisotopic (exact) mass is 447 g/mol. The second kappa shape index (κ2) is 10.7. The molecule has 0 radical (unpaired) electrons. The summed E-state index contributed by atoms with van der Waals surface area (Å²) in [5.41, 5.74) is 3.10. The molecule has 1 amide bonds. The zero-order chi connectivity index (χ0) is 23.8. The second-order valence-electron chi connectivity index (χ2n) is 8.53. The van der Waals surface area contributed by atoms with Crippen LogP contribution in [0.15, 0.2) is 78.9 Å². The Morgan fingerprint density at radius 3 is 2.27 bits per heavy atom. The Morgan fingerprint density at radius 1 is 0.879 bits per heavy atom. The van der Waals surface area contributed by atoms with E-state index >= 15 is 0 Å². The number of rotatable bonds is 7. The Hall–Kier alpha value is -3.80. The number of nitrogens with one attached hydrogen (secondary N) is 1. The molecule has 0 aromatic heterocycles. The van der Waals surface area contributed by atoms with Crippen LogP contribution in [0.25, 0.3) is 11.1 Å². The van der Waals surface area contributed by atoms with Gasteiger partial charge in [0.15, 0.2) is 6.04 Å². The Labute approximate surface area is 194 Å². The lowest BCUT2D eigenvalue weighted by atomic mass is 10.0. The lowest BCUT2D eigenvalue weighted by Crippen LogP contribution is -2.38. The number of carbonyl (C=O) groups excluding carboxylic acids is 2. The molecule has 0 aliphatic carbocycles. The van der Waals surface area contributed by atoms with Crippen LogP contribution in [0.5, 0.6) is 5.75 Å². The van der Waals surface area contributed by atoms with Gasteiger partial charge in [-0.3, -0.25) is 0 Å². The number of ether oxygens (including phenoxy) is 3. The average Bonchev–Trinajstić information content (AvgIpc) is 2.80. The maximum Gasteiger partial charge on any atom is 0.408 e. The van der Waals surface area contributed by atoms with Gasteiger partial charge in [-0.15, -0.1) is 0 Å². The first-order valence-electron chi connectivity index (χ1n) is 10.7. The Balaban J connectivity index is 1.73. The molecule has 0 heterocycles. The van der Waals surface area contributed by atoms with Crippen molar-refractivity contribution in [1.29, 1.82) is 0 Å². The third-order valence-electron chi connectivity index (χ3n) is 4.73. The van der Waals surface area contributed by atoms with Crippen LogP contribution >= 0.6 is 0 Å². The number of methoxy groups -OCH3 is 1. The summed E-state index contributed by atoms with van der Waals surface area (Å²) in [5.74, 6) is -0.0360. The molecule has 3 rings (SSSR count). The minimum absolute atomic E-state index is 0.354. The molecule has 0 fully saturated rings. The fourth-order valence-electron chi connectivity index (χ4n) is 3.24. The van der Waals surface area contributed by atoms with Gasteiger partial charge in [-0.1, -0.05) is 60.7 Å². The molecule has 1 atom stereocenters. The van der Waals surface area contributed by atoms with E-state index < -0.39 is 23.7 Å². The quantitative estimate of drug-likeness (QED) is 0.472. The van der Waals surface area contributed by atoms with E-state index in [0.29, 0.717) is 17.9 Å². The van der Waals surface area contributed by atoms with Gasteiger partial charge in [-0.05, 0) is 61.2 Å². The highest BCUT2D eigenvalue weighted by atomic mass is 16.6. The molecule has 1 unspecified atom stereocenters. The zero-order valence-electron chi connectivity index (χ0n) is 19.3. The van der Waals surface area contributed by atoms with Gasteiger partial charge in [0.1, 0.15) is 18.0 Å². The molecule has 33 heavy (non-hydrogen) atoms. The molecule has 3 aromatic rings. The molecule has 3 aromatic carbocycles. The van der Waals surface area contributed by atoms with Crippen LogP contribution in [0.4, 0.5) is 4.79 Å². The van der Waals surface area contributed by atoms with Crippen molar-refractivity contribution in [2.45, 2.75) is 39.0 Å². The van der Waals surface area contributed by atoms with Crippen LogP contribution in [-0.4, -0.2) is 24.8 Å². The van der Waals surface area contributed by atoms with Crippen LogP contribution < -0.4 is 10.1 Å². The number of amides is 1. The molecule has 0 spiro atoms. The zero-order valence-corrected chi connectivity index (χ0v) is 19.3. The van der Waals surface area contributed by atoms with Crippen molar-refractivity contribution in [2.24, 2.45) is 0 Å². The molecule has 0 aliphatic heterocycles. The molecule has 6 heteroatoms. The predicted molar refractivity (Wildman–Crippen MR) is 127 cm³/mol. The van der Waals surface area contributed by atoms with Gasteiger partial charge in [0.05, 0.1) is 7.11 Å². The van der Waals surface area contributed by atoms with E-state index in [4.69, 9.17) is 14.2 Å². The summed E-state index contributed by atoms with van der Waals surface area (Å²) >= 11 is 0. The van der Waals surface area contributed by atoms with Gasteiger partial charge < -0.3 is 19.5 Å². The van der Waals surface area contributed by atoms with E-state index in [-0.39, 0.29) is 0 Å². The number of hydrogen-bond donors (Lipinski definition) is 1. The maximum absolute atomic E-state index is 12.3. The molecule has 0 aliphatic rings. The van der Waals surface area contributed by atoms with Crippen molar-refractivity contribution in [2.75, 3.05) is 7.11 Å². The minimum atomic E-state index is -1.02. The number of esters is 1. The van der Waals surface area contributed by atoms with E-state index in [1.54, 1.807) is 45.0 Å². The molecule has 1 N–H and O–H groups in total. The van der Waals surface area contributed by atoms with Crippen LogP contribution in [0.1, 0.15) is 37.9 Å². The lowest BCUT2D eigenvalue weighted by Gasteiger charge is -2.23. The highest BCUT2D eigenvalue weighted by molar-refractivity contribution is 5.83. The lowest BCUT2D eigenvalue weighted by molar-refractivity contribution is -0.143. The summed E-state index contributed by atoms with van der Waals surface area (Å²) in [6.07, 6.45) is -0.707. The summed E-state index contributed by atoms with van der Waals surface area (Å²) < 4.78 is 16.1. The minimum Gasteiger partial charge on any atom is -0.489 e. The van der Waals surface area contributed by atoms with Gasteiger partial charge in [-0.2, -0.15) is 0 Å². The Kier molecular flexibility index (Phi) is 7.72. The summed E-state index contributed by atoms with van der Waals surface area (Å²) in [6.45, 7) is 5.61. The first kappa shape index (κ1) is 23.9. The van der Waals surface area contributed by atoms with E-state index in [1.807, 2.05) is 30.3 Å². The maximum atomic E-state index is 12.3. The van der Waals surface area contributed by atoms with Gasteiger partial charge in [0, 0.05) is 0 Å². The number of carbonyl (C=O) groups is 2. The van der Waals surface area contributed by atoms with Crippen molar-refractivity contribution in [3.63, 3.8) is 0 Å². The van der Waals surface area contributed by atoms with E-state index in [0.717, 1.165) is 16.7 Å². The molecular formula is C27H29NO5. The summed E-state index contributed by atoms with van der Waals surface area (Å²) in [5, 5.41) is 2.58. The van der Waals surface area contributed by atoms with Crippen molar-refractivity contribution in [1.82, 2.24) is 5.32 Å². The van der Waals surface area contributed by atoms with E-state index in [2.05, 4.69) is 29.6 Å². The molecule has 0 saturated heterocycles. The largest absolute Gasteiger partial charge is 0.489 e. The normalized spacial score (nSPS) is 11.9. The van der Waals surface area contributed by atoms with Crippen molar-refractivity contribution < 1.29 is 23.8 Å². The number of hydrogen-bond acceptors (Lipinski definition) is 5. The molecule has 0 bridgehead atoms. The first-order chi connectivity index (χ1) is 15.7. The second-order valence-corrected chi connectivity index (χ2v) is 8.53. The third kappa shape index (κ3) is 7.10. The molecule has 6 nitrogen and oxygen atoms in total. The standard InChI is InChI=1S/C27H29NO5/c1-27(2,3)33-26(30)28-24(25(29)31-4)22-14-9-15-23(17-22)32-18-19-10-8-13-21(16-19)20-11-6-5-7-12-20/h5-17,24H,18H2,1-4H3,(H,28,30). The fraction of sp³-hybridized carbons (Fsp3) is 0.259. The first-order valence-corrected chi connectivity index (χ1v) is 10.7. The average molecular weight is 448 g/mol. The van der Waals surface area contributed by atoms with Gasteiger partial charge >= 0.3 is 12.1 Å². The van der Waals surface area contributed by atoms with Gasteiger partial charge in [0.25, 0.3) is 0 Å². The van der Waals surface area contributed by atoms with E-state index in [9.17, 15) is 9.59 Å². The highest BCUT2D eigenvalue weighted by Crippen LogP contribution is 2.24. The van der Waals surface area contributed by atoms with E-state index in [1.165, 1.54) is 7.11 Å². The topological polar surface area (TPSA) is 73.9 Å². The number of benzene rings is 3. The SMILES string of the molecule is COC(=O)C(NC(=O)OC(C)(C)C)c1cccc(OCc2cccc(-c3ccccc3)c2)c1. The van der Waals surface area contributed by atoms with Crippen LogP contribution in [-0.2, 0) is 20.9 Å². The summed E-state index contributed by atoms with van der Waals surface area (Å²) in [4.78, 5) is 24.6. The predicted octanol–water partition coefficient (Wildman–Crippen LogP) is 5.67. The van der Waals surface area contributed by atoms with Gasteiger partial charge in [-0.25, -0.2) is 9.59 Å². The van der Waals surface area contributed by atoms with Gasteiger partial charge in [0.2, 0.25) is 0 Å². The highest BCUT2D eigenvalue weighted by Gasteiger charge is 2.26. The van der Waals surface area contributed by atoms with Crippen LogP contribution in [0, 0.1) is 0 Å². The van der Waals surface area contributed by atoms with Crippen LogP contribution in [0.2, 0.25) is 0 Å². The smallest absolute Gasteiger partial charge is 0.408 e. The molecule has 172 valence electrons. The molecular weight excluding hydrogens is 418 g/mol. The van der Waals surface area contributed by atoms with Crippen molar-refractivity contribution in [3.05, 3.63) is 90.0 Å². The summed E-state index contributed by atoms with van der Waals surface area (Å²) in [6, 6.07) is 24.2. The summed E-state index contributed by atoms with van der Waals surface area (Å²) in [7, 11) is 1.27. The molecule has 0 saturated carbocycles. The van der Waals surface area contributed by atoms with Crippen molar-refractivity contribution >= 4 is 12.1 Å². The Morgan fingerprint density at radius 2 is 1.58 bits per heavy atom. The van der Waals surface area contributed by atoms with Crippen molar-refractivity contribution in [3.8, 4) is 16.9 Å².